The Morgan fingerprint density at radius 1 is 1.07 bits per heavy atom. The minimum Gasteiger partial charge on any atom is -0.546 e. The number of para-hydroxylation sites is 1. The lowest BCUT2D eigenvalue weighted by atomic mass is 10.2. The van der Waals surface area contributed by atoms with Gasteiger partial charge in [0.15, 0.2) is 0 Å². The Morgan fingerprint density at radius 3 is 2.41 bits per heavy atom. The highest BCUT2D eigenvalue weighted by Crippen LogP contribution is 2.38. The van der Waals surface area contributed by atoms with Gasteiger partial charge in [-0.1, -0.05) is 18.2 Å². The summed E-state index contributed by atoms with van der Waals surface area (Å²) in [5.74, 6) is -4.19. The fraction of sp³-hybridized carbons (Fsp3) is 0.111. The van der Waals surface area contributed by atoms with E-state index in [9.17, 15) is 27.9 Å². The predicted octanol–water partition coefficient (Wildman–Crippen LogP) is 2.73. The van der Waals surface area contributed by atoms with E-state index in [4.69, 9.17) is 13.9 Å². The summed E-state index contributed by atoms with van der Waals surface area (Å²) in [6.45, 7) is -0.808. The zero-order valence-electron chi connectivity index (χ0n) is 13.4. The zero-order chi connectivity index (χ0) is 19.6. The van der Waals surface area contributed by atoms with E-state index in [2.05, 4.69) is 0 Å². The van der Waals surface area contributed by atoms with Crippen LogP contribution in [-0.2, 0) is 11.0 Å². The van der Waals surface area contributed by atoms with Gasteiger partial charge in [-0.25, -0.2) is 0 Å². The molecule has 0 aliphatic heterocycles. The molecule has 0 aliphatic rings. The maximum Gasteiger partial charge on any atom is 0.453 e. The van der Waals surface area contributed by atoms with Crippen LogP contribution >= 0.6 is 0 Å². The summed E-state index contributed by atoms with van der Waals surface area (Å²) in [6, 6.07) is 10.8. The van der Waals surface area contributed by atoms with Crippen molar-refractivity contribution in [2.45, 2.75) is 6.18 Å². The van der Waals surface area contributed by atoms with Gasteiger partial charge in [-0.3, -0.25) is 4.79 Å². The Morgan fingerprint density at radius 2 is 1.78 bits per heavy atom. The molecular formula is C18H10F3O6-. The summed E-state index contributed by atoms with van der Waals surface area (Å²) in [7, 11) is 0. The standard InChI is InChI=1S/C18H11F3O6/c19-18(20,21)17-16(26-10-4-2-1-3-5-10)15(24)12-7-6-11(8-13(12)27-17)25-9-14(22)23/h1-8H,9H2,(H,22,23)/p-1. The maximum absolute atomic E-state index is 13.4. The average molecular weight is 379 g/mol. The third-order valence-electron chi connectivity index (χ3n) is 3.40. The summed E-state index contributed by atoms with van der Waals surface area (Å²) in [6.07, 6.45) is -5.00. The van der Waals surface area contributed by atoms with Gasteiger partial charge in [0, 0.05) is 6.07 Å². The molecule has 6 nitrogen and oxygen atoms in total. The van der Waals surface area contributed by atoms with Crippen LogP contribution in [0.15, 0.2) is 57.7 Å². The molecule has 0 spiro atoms. The number of carboxylic acids is 1. The van der Waals surface area contributed by atoms with Gasteiger partial charge in [-0.15, -0.1) is 0 Å². The molecule has 9 heteroatoms. The lowest BCUT2D eigenvalue weighted by molar-refractivity contribution is -0.307. The summed E-state index contributed by atoms with van der Waals surface area (Å²) >= 11 is 0. The fourth-order valence-corrected chi connectivity index (χ4v) is 2.27. The van der Waals surface area contributed by atoms with E-state index < -0.39 is 41.3 Å². The van der Waals surface area contributed by atoms with Crippen LogP contribution in [0.2, 0.25) is 0 Å². The Kier molecular flexibility index (Phi) is 4.76. The molecule has 0 fully saturated rings. The molecule has 0 unspecified atom stereocenters. The van der Waals surface area contributed by atoms with Crippen LogP contribution in [0, 0.1) is 0 Å². The Balaban J connectivity index is 2.14. The Bertz CT molecular complexity index is 1040. The summed E-state index contributed by atoms with van der Waals surface area (Å²) < 4.78 is 55.0. The Labute approximate surface area is 149 Å². The predicted molar refractivity (Wildman–Crippen MR) is 84.5 cm³/mol. The van der Waals surface area contributed by atoms with E-state index >= 15 is 0 Å². The van der Waals surface area contributed by atoms with Crippen molar-refractivity contribution in [1.29, 1.82) is 0 Å². The Hall–Kier alpha value is -3.49. The van der Waals surface area contributed by atoms with Crippen LogP contribution in [-0.4, -0.2) is 12.6 Å². The third-order valence-corrected chi connectivity index (χ3v) is 3.40. The average Bonchev–Trinajstić information content (AvgIpc) is 2.62. The molecular weight excluding hydrogens is 369 g/mol. The van der Waals surface area contributed by atoms with E-state index in [1.807, 2.05) is 0 Å². The van der Waals surface area contributed by atoms with E-state index in [1.165, 1.54) is 30.3 Å². The quantitative estimate of drug-likeness (QED) is 0.677. The zero-order valence-corrected chi connectivity index (χ0v) is 13.4. The number of carbonyl (C=O) groups excluding carboxylic acids is 1. The highest BCUT2D eigenvalue weighted by Gasteiger charge is 2.40. The number of halogens is 3. The van der Waals surface area contributed by atoms with Gasteiger partial charge < -0.3 is 23.8 Å². The first-order chi connectivity index (χ1) is 12.8. The SMILES string of the molecule is O=C([O-])COc1ccc2c(=O)c(Oc3ccccc3)c(C(F)(F)F)oc2c1. The molecule has 3 rings (SSSR count). The molecule has 0 amide bonds. The molecule has 140 valence electrons. The van der Waals surface area contributed by atoms with Crippen molar-refractivity contribution in [2.24, 2.45) is 0 Å². The van der Waals surface area contributed by atoms with Crippen molar-refractivity contribution >= 4 is 16.9 Å². The van der Waals surface area contributed by atoms with Gasteiger partial charge in [0.05, 0.1) is 11.4 Å². The van der Waals surface area contributed by atoms with Gasteiger partial charge >= 0.3 is 6.18 Å². The molecule has 2 aromatic carbocycles. The highest BCUT2D eigenvalue weighted by molar-refractivity contribution is 5.80. The molecule has 0 saturated heterocycles. The first-order valence-electron chi connectivity index (χ1n) is 7.49. The minimum absolute atomic E-state index is 0.0311. The van der Waals surface area contributed by atoms with E-state index in [-0.39, 0.29) is 16.9 Å². The molecule has 0 saturated carbocycles. The topological polar surface area (TPSA) is 88.8 Å². The van der Waals surface area contributed by atoms with E-state index in [0.29, 0.717) is 0 Å². The number of alkyl halides is 3. The first-order valence-corrected chi connectivity index (χ1v) is 7.49. The van der Waals surface area contributed by atoms with E-state index in [0.717, 1.165) is 12.1 Å². The van der Waals surface area contributed by atoms with Crippen molar-refractivity contribution in [3.8, 4) is 17.2 Å². The van der Waals surface area contributed by atoms with Crippen LogP contribution < -0.4 is 20.0 Å². The minimum atomic E-state index is -5.00. The molecule has 1 heterocycles. The summed E-state index contributed by atoms with van der Waals surface area (Å²) in [5, 5.41) is 10.2. The summed E-state index contributed by atoms with van der Waals surface area (Å²) in [4.78, 5) is 23.0. The van der Waals surface area contributed by atoms with Crippen LogP contribution in [0.1, 0.15) is 5.76 Å². The van der Waals surface area contributed by atoms with Gasteiger partial charge in [0.2, 0.25) is 11.2 Å². The van der Waals surface area contributed by atoms with Crippen LogP contribution in [0.5, 0.6) is 17.2 Å². The van der Waals surface area contributed by atoms with Gasteiger partial charge in [-0.2, -0.15) is 13.2 Å². The van der Waals surface area contributed by atoms with Gasteiger partial charge in [-0.05, 0) is 24.3 Å². The number of rotatable bonds is 5. The molecule has 0 radical (unpaired) electrons. The first kappa shape index (κ1) is 18.3. The van der Waals surface area contributed by atoms with Crippen LogP contribution in [0.4, 0.5) is 13.2 Å². The lowest BCUT2D eigenvalue weighted by Gasteiger charge is -2.14. The second-order valence-corrected chi connectivity index (χ2v) is 5.32. The van der Waals surface area contributed by atoms with Crippen LogP contribution in [0.3, 0.4) is 0 Å². The molecule has 27 heavy (non-hydrogen) atoms. The molecule has 1 aromatic heterocycles. The largest absolute Gasteiger partial charge is 0.546 e. The molecule has 0 N–H and O–H groups in total. The summed E-state index contributed by atoms with van der Waals surface area (Å²) in [5.41, 5.74) is -1.46. The number of carboxylic acid groups (broad SMARTS) is 1. The number of carbonyl (C=O) groups is 1. The van der Waals surface area contributed by atoms with Crippen LogP contribution in [0.25, 0.3) is 11.0 Å². The van der Waals surface area contributed by atoms with Crippen molar-refractivity contribution in [2.75, 3.05) is 6.61 Å². The fourth-order valence-electron chi connectivity index (χ4n) is 2.27. The smallest absolute Gasteiger partial charge is 0.453 e. The second kappa shape index (κ2) is 7.02. The lowest BCUT2D eigenvalue weighted by Crippen LogP contribution is -2.28. The van der Waals surface area contributed by atoms with Crippen molar-refractivity contribution in [3.63, 3.8) is 0 Å². The normalized spacial score (nSPS) is 11.4. The number of hydrogen-bond donors (Lipinski definition) is 0. The highest BCUT2D eigenvalue weighted by atomic mass is 19.4. The molecule has 0 aliphatic carbocycles. The number of ether oxygens (including phenoxy) is 2. The monoisotopic (exact) mass is 379 g/mol. The van der Waals surface area contributed by atoms with Gasteiger partial charge in [0.1, 0.15) is 23.7 Å². The maximum atomic E-state index is 13.4. The van der Waals surface area contributed by atoms with Crippen molar-refractivity contribution < 1.29 is 37.0 Å². The molecule has 0 bridgehead atoms. The second-order valence-electron chi connectivity index (χ2n) is 5.32. The van der Waals surface area contributed by atoms with Crippen molar-refractivity contribution in [1.82, 2.24) is 0 Å². The van der Waals surface area contributed by atoms with E-state index in [1.54, 1.807) is 6.07 Å². The number of benzene rings is 2. The third kappa shape index (κ3) is 4.02. The number of aliphatic carboxylic acids is 1. The van der Waals surface area contributed by atoms with Gasteiger partial charge in [0.25, 0.3) is 5.76 Å². The molecule has 0 atom stereocenters. The van der Waals surface area contributed by atoms with Crippen molar-refractivity contribution in [3.05, 3.63) is 64.5 Å². The molecule has 3 aromatic rings. The number of hydrogen-bond acceptors (Lipinski definition) is 6. The number of fused-ring (bicyclic) bond motifs is 1.